The summed E-state index contributed by atoms with van der Waals surface area (Å²) < 4.78 is 32.1. The summed E-state index contributed by atoms with van der Waals surface area (Å²) in [6.45, 7) is 0.494. The van der Waals surface area contributed by atoms with Crippen molar-refractivity contribution >= 4 is 17.5 Å². The Hall–Kier alpha value is -2.96. The number of halogens is 2. The molecule has 2 amide bonds. The van der Waals surface area contributed by atoms with Crippen molar-refractivity contribution in [1.29, 1.82) is 0 Å². The molecule has 7 heteroatoms. The molecule has 0 spiro atoms. The zero-order valence-electron chi connectivity index (χ0n) is 14.9. The SMILES string of the molecule is COc1cccc(CCNC(=O)C2CC(=O)N(c3ccc(F)cc3F)C2)c1. The average molecular weight is 374 g/mol. The monoisotopic (exact) mass is 374 g/mol. The number of ether oxygens (including phenoxy) is 1. The first-order chi connectivity index (χ1) is 13.0. The maximum absolute atomic E-state index is 13.9. The second-order valence-corrected chi connectivity index (χ2v) is 6.39. The van der Waals surface area contributed by atoms with Gasteiger partial charge < -0.3 is 15.0 Å². The predicted octanol–water partition coefficient (Wildman–Crippen LogP) is 2.69. The molecule has 3 rings (SSSR count). The number of benzene rings is 2. The van der Waals surface area contributed by atoms with Gasteiger partial charge in [-0.1, -0.05) is 12.1 Å². The van der Waals surface area contributed by atoms with E-state index in [2.05, 4.69) is 5.32 Å². The van der Waals surface area contributed by atoms with Gasteiger partial charge >= 0.3 is 0 Å². The Morgan fingerprint density at radius 2 is 2.07 bits per heavy atom. The number of carbonyl (C=O) groups excluding carboxylic acids is 2. The maximum atomic E-state index is 13.9. The molecule has 2 aromatic carbocycles. The minimum absolute atomic E-state index is 0.00180. The van der Waals surface area contributed by atoms with Crippen molar-refractivity contribution in [2.45, 2.75) is 12.8 Å². The Labute approximate surface area is 155 Å². The van der Waals surface area contributed by atoms with Crippen LogP contribution in [0.5, 0.6) is 5.75 Å². The zero-order chi connectivity index (χ0) is 19.4. The highest BCUT2D eigenvalue weighted by Crippen LogP contribution is 2.28. The first-order valence-electron chi connectivity index (χ1n) is 8.64. The molecule has 1 aliphatic heterocycles. The van der Waals surface area contributed by atoms with Crippen LogP contribution in [-0.2, 0) is 16.0 Å². The standard InChI is InChI=1S/C20H20F2N2O3/c1-27-16-4-2-3-13(9-16)7-8-23-20(26)14-10-19(25)24(12-14)18-6-5-15(21)11-17(18)22/h2-6,9,11,14H,7-8,10,12H2,1H3,(H,23,26). The van der Waals surface area contributed by atoms with Crippen molar-refractivity contribution in [2.75, 3.05) is 25.1 Å². The number of nitrogens with one attached hydrogen (secondary N) is 1. The van der Waals surface area contributed by atoms with Crippen molar-refractivity contribution in [3.05, 3.63) is 59.7 Å². The van der Waals surface area contributed by atoms with Gasteiger partial charge in [-0.2, -0.15) is 0 Å². The van der Waals surface area contributed by atoms with Gasteiger partial charge in [0.1, 0.15) is 17.4 Å². The first-order valence-corrected chi connectivity index (χ1v) is 8.64. The lowest BCUT2D eigenvalue weighted by molar-refractivity contribution is -0.126. The van der Waals surface area contributed by atoms with E-state index < -0.39 is 17.6 Å². The third kappa shape index (κ3) is 4.42. The van der Waals surface area contributed by atoms with Crippen molar-refractivity contribution in [3.63, 3.8) is 0 Å². The number of amides is 2. The number of carbonyl (C=O) groups is 2. The van der Waals surface area contributed by atoms with Gasteiger partial charge in [0.2, 0.25) is 11.8 Å². The summed E-state index contributed by atoms with van der Waals surface area (Å²) in [7, 11) is 1.59. The maximum Gasteiger partial charge on any atom is 0.227 e. The second kappa shape index (κ2) is 8.16. The number of nitrogens with zero attached hydrogens (tertiary/aromatic N) is 1. The van der Waals surface area contributed by atoms with Crippen molar-refractivity contribution in [1.82, 2.24) is 5.32 Å². The summed E-state index contributed by atoms with van der Waals surface area (Å²) in [4.78, 5) is 25.7. The quantitative estimate of drug-likeness (QED) is 0.846. The largest absolute Gasteiger partial charge is 0.497 e. The summed E-state index contributed by atoms with van der Waals surface area (Å²) in [5, 5.41) is 2.81. The van der Waals surface area contributed by atoms with Crippen molar-refractivity contribution in [2.24, 2.45) is 5.92 Å². The van der Waals surface area contributed by atoms with E-state index in [-0.39, 0.29) is 30.5 Å². The molecule has 1 unspecified atom stereocenters. The van der Waals surface area contributed by atoms with Crippen LogP contribution in [0.25, 0.3) is 0 Å². The van der Waals surface area contributed by atoms with Crippen LogP contribution in [0, 0.1) is 17.6 Å². The molecule has 0 saturated carbocycles. The normalized spacial score (nSPS) is 16.5. The molecule has 0 aromatic heterocycles. The minimum Gasteiger partial charge on any atom is -0.497 e. The fraction of sp³-hybridized carbons (Fsp3) is 0.300. The Kier molecular flexibility index (Phi) is 5.69. The fourth-order valence-corrected chi connectivity index (χ4v) is 3.12. The molecule has 5 nitrogen and oxygen atoms in total. The smallest absolute Gasteiger partial charge is 0.227 e. The topological polar surface area (TPSA) is 58.6 Å². The molecule has 1 heterocycles. The first kappa shape index (κ1) is 18.8. The molecule has 0 radical (unpaired) electrons. The summed E-state index contributed by atoms with van der Waals surface area (Å²) in [6.07, 6.45) is 0.627. The van der Waals surface area contributed by atoms with E-state index in [0.717, 1.165) is 23.4 Å². The van der Waals surface area contributed by atoms with E-state index in [1.165, 1.54) is 11.0 Å². The molecule has 1 fully saturated rings. The average Bonchev–Trinajstić information content (AvgIpc) is 3.03. The lowest BCUT2D eigenvalue weighted by Gasteiger charge is -2.17. The Morgan fingerprint density at radius 1 is 1.26 bits per heavy atom. The van der Waals surface area contributed by atoms with E-state index in [9.17, 15) is 18.4 Å². The number of hydrogen-bond acceptors (Lipinski definition) is 3. The molecule has 142 valence electrons. The molecule has 0 aliphatic carbocycles. The highest BCUT2D eigenvalue weighted by molar-refractivity contribution is 6.00. The summed E-state index contributed by atoms with van der Waals surface area (Å²) in [6, 6.07) is 10.6. The van der Waals surface area contributed by atoms with Crippen LogP contribution < -0.4 is 15.0 Å². The van der Waals surface area contributed by atoms with Crippen LogP contribution in [0.3, 0.4) is 0 Å². The van der Waals surface area contributed by atoms with E-state index in [0.29, 0.717) is 13.0 Å². The van der Waals surface area contributed by atoms with Crippen LogP contribution >= 0.6 is 0 Å². The second-order valence-electron chi connectivity index (χ2n) is 6.39. The third-order valence-electron chi connectivity index (χ3n) is 4.54. The summed E-state index contributed by atoms with van der Waals surface area (Å²) in [5.41, 5.74) is 1.01. The van der Waals surface area contributed by atoms with E-state index in [1.54, 1.807) is 7.11 Å². The van der Waals surface area contributed by atoms with Gasteiger partial charge in [-0.05, 0) is 36.2 Å². The van der Waals surface area contributed by atoms with Gasteiger partial charge in [0.25, 0.3) is 0 Å². The molecule has 1 N–H and O–H groups in total. The molecular formula is C20H20F2N2O3. The molecular weight excluding hydrogens is 354 g/mol. The van der Waals surface area contributed by atoms with Gasteiger partial charge in [-0.3, -0.25) is 9.59 Å². The van der Waals surface area contributed by atoms with Crippen LogP contribution in [0.1, 0.15) is 12.0 Å². The highest BCUT2D eigenvalue weighted by atomic mass is 19.1. The number of anilines is 1. The Bertz CT molecular complexity index is 857. The van der Waals surface area contributed by atoms with E-state index in [4.69, 9.17) is 4.74 Å². The van der Waals surface area contributed by atoms with Crippen LogP contribution in [0.4, 0.5) is 14.5 Å². The molecule has 1 aliphatic rings. The van der Waals surface area contributed by atoms with Gasteiger partial charge in [-0.15, -0.1) is 0 Å². The molecule has 2 aromatic rings. The fourth-order valence-electron chi connectivity index (χ4n) is 3.12. The third-order valence-corrected chi connectivity index (χ3v) is 4.54. The van der Waals surface area contributed by atoms with Crippen LogP contribution in [0.15, 0.2) is 42.5 Å². The van der Waals surface area contributed by atoms with Crippen molar-refractivity contribution < 1.29 is 23.1 Å². The Balaban J connectivity index is 1.55. The molecule has 0 bridgehead atoms. The Morgan fingerprint density at radius 3 is 2.81 bits per heavy atom. The van der Waals surface area contributed by atoms with Gasteiger partial charge in [-0.25, -0.2) is 8.78 Å². The van der Waals surface area contributed by atoms with Gasteiger partial charge in [0, 0.05) is 25.6 Å². The number of rotatable bonds is 6. The van der Waals surface area contributed by atoms with Gasteiger partial charge in [0.15, 0.2) is 0 Å². The summed E-state index contributed by atoms with van der Waals surface area (Å²) >= 11 is 0. The summed E-state index contributed by atoms with van der Waals surface area (Å²) in [5.74, 6) is -1.95. The highest BCUT2D eigenvalue weighted by Gasteiger charge is 2.36. The number of methoxy groups -OCH3 is 1. The zero-order valence-corrected chi connectivity index (χ0v) is 14.9. The lowest BCUT2D eigenvalue weighted by atomic mass is 10.1. The van der Waals surface area contributed by atoms with E-state index in [1.807, 2.05) is 24.3 Å². The molecule has 27 heavy (non-hydrogen) atoms. The predicted molar refractivity (Wildman–Crippen MR) is 96.5 cm³/mol. The number of hydrogen-bond donors (Lipinski definition) is 1. The van der Waals surface area contributed by atoms with E-state index >= 15 is 0 Å². The lowest BCUT2D eigenvalue weighted by Crippen LogP contribution is -2.34. The molecule has 1 atom stereocenters. The van der Waals surface area contributed by atoms with Crippen molar-refractivity contribution in [3.8, 4) is 5.75 Å². The van der Waals surface area contributed by atoms with Gasteiger partial charge in [0.05, 0.1) is 18.7 Å². The minimum atomic E-state index is -0.817. The van der Waals surface area contributed by atoms with Crippen LogP contribution in [0.2, 0.25) is 0 Å². The molecule has 1 saturated heterocycles. The van der Waals surface area contributed by atoms with Crippen LogP contribution in [-0.4, -0.2) is 32.0 Å².